The Morgan fingerprint density at radius 2 is 1.84 bits per heavy atom. The van der Waals surface area contributed by atoms with Crippen molar-refractivity contribution in [1.82, 2.24) is 0 Å². The van der Waals surface area contributed by atoms with Gasteiger partial charge in [-0.1, -0.05) is 53.6 Å². The largest absolute Gasteiger partial charge is 0.490 e. The first-order valence-corrected chi connectivity index (χ1v) is 7.42. The van der Waals surface area contributed by atoms with Crippen molar-refractivity contribution in [2.45, 2.75) is 66.9 Å². The van der Waals surface area contributed by atoms with Crippen molar-refractivity contribution in [3.8, 4) is 5.75 Å². The van der Waals surface area contributed by atoms with Gasteiger partial charge in [-0.3, -0.25) is 0 Å². The highest BCUT2D eigenvalue weighted by atomic mass is 35.5. The molecule has 1 nitrogen and oxygen atoms in total. The maximum Gasteiger partial charge on any atom is 0.120 e. The molecule has 110 valence electrons. The molecule has 2 heteroatoms. The zero-order valence-electron chi connectivity index (χ0n) is 12.2. The Kier molecular flexibility index (Phi) is 8.17. The maximum absolute atomic E-state index is 6.15. The molecule has 2 rings (SSSR count). The molecule has 0 amide bonds. The zero-order chi connectivity index (χ0) is 13.7. The van der Waals surface area contributed by atoms with Gasteiger partial charge in [0.05, 0.1) is 0 Å². The van der Waals surface area contributed by atoms with Crippen molar-refractivity contribution in [3.05, 3.63) is 28.8 Å². The lowest BCUT2D eigenvalue weighted by atomic mass is 9.83. The quantitative estimate of drug-likeness (QED) is 0.632. The summed E-state index contributed by atoms with van der Waals surface area (Å²) in [5.74, 6) is 2.10. The molecule has 0 radical (unpaired) electrons. The molecule has 1 saturated carbocycles. The van der Waals surface area contributed by atoms with Crippen LogP contribution in [0.1, 0.15) is 66.4 Å². The first-order valence-electron chi connectivity index (χ1n) is 7.04. The van der Waals surface area contributed by atoms with E-state index >= 15 is 0 Å². The summed E-state index contributed by atoms with van der Waals surface area (Å²) in [4.78, 5) is 0. The molecule has 19 heavy (non-hydrogen) atoms. The van der Waals surface area contributed by atoms with E-state index in [1.54, 1.807) is 0 Å². The number of ether oxygens (including phenoxy) is 1. The van der Waals surface area contributed by atoms with Crippen LogP contribution in [-0.4, -0.2) is 6.10 Å². The molecule has 1 aromatic carbocycles. The van der Waals surface area contributed by atoms with Gasteiger partial charge in [-0.2, -0.15) is 0 Å². The van der Waals surface area contributed by atoms with Crippen LogP contribution in [0.3, 0.4) is 0 Å². The van der Waals surface area contributed by atoms with Crippen molar-refractivity contribution < 1.29 is 4.74 Å². The van der Waals surface area contributed by atoms with Crippen LogP contribution in [0.5, 0.6) is 5.75 Å². The standard InChI is InChI=1S/C14H19ClO.C2H6.CH4/c1-9(2)12-8-11(5-6-13(12)15)16-14-7-4-10(14)3;1-2;/h5-6,8-10,14H,4,7H2,1-3H3;1-2H3;1H4/t10-,14-;;/m1../s1. The number of halogens is 1. The fourth-order valence-electron chi connectivity index (χ4n) is 2.02. The second-order valence-electron chi connectivity index (χ2n) is 5.05. The third-order valence-electron chi connectivity index (χ3n) is 3.42. The summed E-state index contributed by atoms with van der Waals surface area (Å²) in [6, 6.07) is 5.99. The monoisotopic (exact) mass is 284 g/mol. The molecule has 0 aromatic heterocycles. The van der Waals surface area contributed by atoms with Crippen LogP contribution in [0.2, 0.25) is 5.02 Å². The van der Waals surface area contributed by atoms with E-state index in [1.165, 1.54) is 18.4 Å². The molecule has 1 fully saturated rings. The minimum atomic E-state index is 0. The molecule has 0 heterocycles. The summed E-state index contributed by atoms with van der Waals surface area (Å²) in [5, 5.41) is 0.837. The van der Waals surface area contributed by atoms with Gasteiger partial charge < -0.3 is 4.74 Å². The molecule has 0 spiro atoms. The molecule has 1 aliphatic carbocycles. The first-order chi connectivity index (χ1) is 8.58. The van der Waals surface area contributed by atoms with Crippen LogP contribution in [-0.2, 0) is 0 Å². The average Bonchev–Trinajstić information content (AvgIpc) is 2.38. The summed E-state index contributed by atoms with van der Waals surface area (Å²) in [7, 11) is 0. The van der Waals surface area contributed by atoms with E-state index in [1.807, 2.05) is 26.0 Å². The second-order valence-corrected chi connectivity index (χ2v) is 5.46. The Balaban J connectivity index is 0.00000103. The molecule has 1 aromatic rings. The number of benzene rings is 1. The van der Waals surface area contributed by atoms with Crippen molar-refractivity contribution in [1.29, 1.82) is 0 Å². The summed E-state index contributed by atoms with van der Waals surface area (Å²) in [6.45, 7) is 10.5. The van der Waals surface area contributed by atoms with E-state index in [2.05, 4.69) is 26.8 Å². The Morgan fingerprint density at radius 3 is 2.26 bits per heavy atom. The minimum Gasteiger partial charge on any atom is -0.490 e. The molecule has 0 bridgehead atoms. The van der Waals surface area contributed by atoms with Crippen molar-refractivity contribution in [2.24, 2.45) is 5.92 Å². The van der Waals surface area contributed by atoms with Gasteiger partial charge in [0.15, 0.2) is 0 Å². The summed E-state index contributed by atoms with van der Waals surface area (Å²) in [6.07, 6.45) is 2.87. The number of hydrogen-bond acceptors (Lipinski definition) is 1. The van der Waals surface area contributed by atoms with Gasteiger partial charge >= 0.3 is 0 Å². The van der Waals surface area contributed by atoms with Gasteiger partial charge in [-0.25, -0.2) is 0 Å². The number of rotatable bonds is 3. The number of hydrogen-bond donors (Lipinski definition) is 0. The Bertz CT molecular complexity index is 374. The lowest BCUT2D eigenvalue weighted by Crippen LogP contribution is -2.34. The molecule has 0 unspecified atom stereocenters. The third-order valence-corrected chi connectivity index (χ3v) is 3.76. The lowest BCUT2D eigenvalue weighted by molar-refractivity contribution is 0.0576. The van der Waals surface area contributed by atoms with Crippen LogP contribution in [0.15, 0.2) is 18.2 Å². The van der Waals surface area contributed by atoms with Gasteiger partial charge in [0.25, 0.3) is 0 Å². The highest BCUT2D eigenvalue weighted by Gasteiger charge is 2.28. The maximum atomic E-state index is 6.15. The van der Waals surface area contributed by atoms with Crippen molar-refractivity contribution in [3.63, 3.8) is 0 Å². The minimum absolute atomic E-state index is 0. The van der Waals surface area contributed by atoms with Crippen LogP contribution in [0, 0.1) is 5.92 Å². The van der Waals surface area contributed by atoms with Gasteiger partial charge in [-0.15, -0.1) is 0 Å². The van der Waals surface area contributed by atoms with E-state index in [4.69, 9.17) is 16.3 Å². The van der Waals surface area contributed by atoms with Crippen LogP contribution < -0.4 is 4.74 Å². The fourth-order valence-corrected chi connectivity index (χ4v) is 2.36. The Hall–Kier alpha value is -0.690. The highest BCUT2D eigenvalue weighted by molar-refractivity contribution is 6.31. The van der Waals surface area contributed by atoms with Crippen molar-refractivity contribution >= 4 is 11.6 Å². The van der Waals surface area contributed by atoms with E-state index < -0.39 is 0 Å². The fraction of sp³-hybridized carbons (Fsp3) is 0.647. The molecule has 1 aliphatic rings. The average molecular weight is 285 g/mol. The lowest BCUT2D eigenvalue weighted by Gasteiger charge is -2.34. The van der Waals surface area contributed by atoms with E-state index in [-0.39, 0.29) is 7.43 Å². The van der Waals surface area contributed by atoms with Crippen molar-refractivity contribution in [2.75, 3.05) is 0 Å². The van der Waals surface area contributed by atoms with Gasteiger partial charge in [0.2, 0.25) is 0 Å². The zero-order valence-corrected chi connectivity index (χ0v) is 12.9. The SMILES string of the molecule is C.CC.CC(C)c1cc(O[C@@H]2CC[C@H]2C)ccc1Cl. The molecule has 0 saturated heterocycles. The Labute approximate surface area is 124 Å². The van der Waals surface area contributed by atoms with E-state index in [0.717, 1.165) is 10.8 Å². The molecular formula is C17H29ClO. The van der Waals surface area contributed by atoms with Crippen LogP contribution in [0.4, 0.5) is 0 Å². The normalized spacial score (nSPS) is 20.8. The van der Waals surface area contributed by atoms with Gasteiger partial charge in [0, 0.05) is 5.02 Å². The van der Waals surface area contributed by atoms with E-state index in [0.29, 0.717) is 17.9 Å². The second kappa shape index (κ2) is 8.47. The van der Waals surface area contributed by atoms with Crippen LogP contribution in [0.25, 0.3) is 0 Å². The molecule has 0 aliphatic heterocycles. The molecule has 0 N–H and O–H groups in total. The van der Waals surface area contributed by atoms with Crippen LogP contribution >= 0.6 is 11.6 Å². The van der Waals surface area contributed by atoms with Gasteiger partial charge in [-0.05, 0) is 48.4 Å². The smallest absolute Gasteiger partial charge is 0.120 e. The molecular weight excluding hydrogens is 256 g/mol. The summed E-state index contributed by atoms with van der Waals surface area (Å²) in [5.41, 5.74) is 1.17. The third kappa shape index (κ3) is 4.72. The topological polar surface area (TPSA) is 9.23 Å². The first kappa shape index (κ1) is 18.3. The predicted molar refractivity (Wildman–Crippen MR) is 86.4 cm³/mol. The predicted octanol–water partition coefficient (Wildman–Crippen LogP) is 6.30. The van der Waals surface area contributed by atoms with Gasteiger partial charge in [0.1, 0.15) is 11.9 Å². The van der Waals surface area contributed by atoms with E-state index in [9.17, 15) is 0 Å². The highest BCUT2D eigenvalue weighted by Crippen LogP contribution is 2.33. The Morgan fingerprint density at radius 1 is 1.21 bits per heavy atom. The summed E-state index contributed by atoms with van der Waals surface area (Å²) >= 11 is 6.15. The summed E-state index contributed by atoms with van der Waals surface area (Å²) < 4.78 is 5.95. The molecule has 2 atom stereocenters.